The predicted molar refractivity (Wildman–Crippen MR) is 68.6 cm³/mol. The molecule has 0 aliphatic carbocycles. The van der Waals surface area contributed by atoms with E-state index in [9.17, 15) is 5.11 Å². The summed E-state index contributed by atoms with van der Waals surface area (Å²) in [7, 11) is 0. The maximum absolute atomic E-state index is 9.93. The molecule has 0 saturated heterocycles. The standard InChI is InChI=1S/C11H21N5O/c1-4-8-9(13-6-11(3,17)5-2)14-7-15-10(8)16-12/h7,17H,4-6,12H2,1-3H3,(H2,13,14,15,16). The third-order valence-electron chi connectivity index (χ3n) is 2.83. The van der Waals surface area contributed by atoms with Gasteiger partial charge in [-0.2, -0.15) is 0 Å². The summed E-state index contributed by atoms with van der Waals surface area (Å²) in [5.74, 6) is 6.71. The topological polar surface area (TPSA) is 96.1 Å². The first kappa shape index (κ1) is 13.7. The van der Waals surface area contributed by atoms with Crippen LogP contribution in [0.3, 0.4) is 0 Å². The number of rotatable bonds is 6. The van der Waals surface area contributed by atoms with Gasteiger partial charge in [0, 0.05) is 12.1 Å². The van der Waals surface area contributed by atoms with E-state index in [0.29, 0.717) is 24.6 Å². The Kier molecular flexibility index (Phi) is 4.65. The molecule has 0 radical (unpaired) electrons. The molecular formula is C11H21N5O. The molecule has 1 heterocycles. The smallest absolute Gasteiger partial charge is 0.148 e. The number of nitrogen functional groups attached to an aromatic ring is 1. The van der Waals surface area contributed by atoms with Crippen LogP contribution in [0.5, 0.6) is 0 Å². The van der Waals surface area contributed by atoms with Crippen LogP contribution in [0.2, 0.25) is 0 Å². The second-order valence-corrected chi connectivity index (χ2v) is 4.25. The molecule has 6 nitrogen and oxygen atoms in total. The molecule has 0 aromatic carbocycles. The van der Waals surface area contributed by atoms with Gasteiger partial charge in [-0.1, -0.05) is 13.8 Å². The lowest BCUT2D eigenvalue weighted by molar-refractivity contribution is 0.0696. The minimum absolute atomic E-state index is 0.442. The Morgan fingerprint density at radius 3 is 2.53 bits per heavy atom. The Labute approximate surface area is 102 Å². The third kappa shape index (κ3) is 3.54. The fourth-order valence-electron chi connectivity index (χ4n) is 1.42. The molecule has 5 N–H and O–H groups in total. The number of nitrogens with two attached hydrogens (primary N) is 1. The van der Waals surface area contributed by atoms with Crippen LogP contribution < -0.4 is 16.6 Å². The summed E-state index contributed by atoms with van der Waals surface area (Å²) in [6.07, 6.45) is 2.88. The highest BCUT2D eigenvalue weighted by atomic mass is 16.3. The normalized spacial score (nSPS) is 14.2. The molecule has 96 valence electrons. The van der Waals surface area contributed by atoms with Crippen LogP contribution in [-0.2, 0) is 6.42 Å². The summed E-state index contributed by atoms with van der Waals surface area (Å²) in [5.41, 5.74) is 2.72. The van der Waals surface area contributed by atoms with Gasteiger partial charge in [-0.25, -0.2) is 15.8 Å². The van der Waals surface area contributed by atoms with Gasteiger partial charge in [-0.05, 0) is 19.8 Å². The van der Waals surface area contributed by atoms with Crippen molar-refractivity contribution in [3.05, 3.63) is 11.9 Å². The van der Waals surface area contributed by atoms with Gasteiger partial charge in [0.2, 0.25) is 0 Å². The zero-order valence-corrected chi connectivity index (χ0v) is 10.6. The lowest BCUT2D eigenvalue weighted by Gasteiger charge is -2.23. The molecule has 6 heteroatoms. The summed E-state index contributed by atoms with van der Waals surface area (Å²) in [4.78, 5) is 8.21. The highest BCUT2D eigenvalue weighted by Gasteiger charge is 2.18. The van der Waals surface area contributed by atoms with E-state index in [1.165, 1.54) is 6.33 Å². The van der Waals surface area contributed by atoms with Crippen molar-refractivity contribution in [2.24, 2.45) is 5.84 Å². The number of hydrogen-bond donors (Lipinski definition) is 4. The van der Waals surface area contributed by atoms with Gasteiger partial charge in [0.25, 0.3) is 0 Å². The molecule has 0 bridgehead atoms. The molecule has 1 aromatic heterocycles. The van der Waals surface area contributed by atoms with Gasteiger partial charge in [-0.15, -0.1) is 0 Å². The molecule has 0 aliphatic rings. The predicted octanol–water partition coefficient (Wildman–Crippen LogP) is 0.897. The average molecular weight is 239 g/mol. The fraction of sp³-hybridized carbons (Fsp3) is 0.636. The Hall–Kier alpha value is -1.40. The van der Waals surface area contributed by atoms with E-state index in [4.69, 9.17) is 5.84 Å². The molecular weight excluding hydrogens is 218 g/mol. The van der Waals surface area contributed by atoms with E-state index in [0.717, 1.165) is 12.0 Å². The summed E-state index contributed by atoms with van der Waals surface area (Å²) in [5, 5.41) is 13.1. The second-order valence-electron chi connectivity index (χ2n) is 4.25. The molecule has 17 heavy (non-hydrogen) atoms. The number of aromatic nitrogens is 2. The Bertz CT molecular complexity index is 367. The van der Waals surface area contributed by atoms with E-state index in [1.54, 1.807) is 6.92 Å². The number of aliphatic hydroxyl groups is 1. The molecule has 1 atom stereocenters. The molecule has 0 amide bonds. The largest absolute Gasteiger partial charge is 0.388 e. The highest BCUT2D eigenvalue weighted by molar-refractivity contribution is 5.56. The first-order chi connectivity index (χ1) is 8.04. The lowest BCUT2D eigenvalue weighted by Crippen LogP contribution is -2.33. The first-order valence-electron chi connectivity index (χ1n) is 5.80. The van der Waals surface area contributed by atoms with Gasteiger partial charge in [-0.3, -0.25) is 0 Å². The van der Waals surface area contributed by atoms with Crippen molar-refractivity contribution in [3.63, 3.8) is 0 Å². The number of hydrazine groups is 1. The summed E-state index contributed by atoms with van der Waals surface area (Å²) in [6, 6.07) is 0. The SMILES string of the molecule is CCc1c(NN)ncnc1NCC(C)(O)CC. The minimum Gasteiger partial charge on any atom is -0.388 e. The van der Waals surface area contributed by atoms with E-state index >= 15 is 0 Å². The maximum atomic E-state index is 9.93. The zero-order chi connectivity index (χ0) is 12.9. The Morgan fingerprint density at radius 1 is 1.35 bits per heavy atom. The highest BCUT2D eigenvalue weighted by Crippen LogP contribution is 2.20. The van der Waals surface area contributed by atoms with Gasteiger partial charge in [0.1, 0.15) is 18.0 Å². The molecule has 1 unspecified atom stereocenters. The zero-order valence-electron chi connectivity index (χ0n) is 10.6. The Morgan fingerprint density at radius 2 is 2.00 bits per heavy atom. The van der Waals surface area contributed by atoms with Crippen LogP contribution in [0.1, 0.15) is 32.8 Å². The van der Waals surface area contributed by atoms with Gasteiger partial charge < -0.3 is 15.8 Å². The second kappa shape index (κ2) is 5.79. The van der Waals surface area contributed by atoms with Crippen molar-refractivity contribution in [2.75, 3.05) is 17.3 Å². The minimum atomic E-state index is -0.744. The maximum Gasteiger partial charge on any atom is 0.148 e. The van der Waals surface area contributed by atoms with Gasteiger partial charge in [0.05, 0.1) is 5.60 Å². The molecule has 1 rings (SSSR count). The van der Waals surface area contributed by atoms with Crippen molar-refractivity contribution < 1.29 is 5.11 Å². The molecule has 0 fully saturated rings. The van der Waals surface area contributed by atoms with Crippen LogP contribution in [0.25, 0.3) is 0 Å². The van der Waals surface area contributed by atoms with Crippen molar-refractivity contribution in [2.45, 2.75) is 39.2 Å². The van der Waals surface area contributed by atoms with Crippen LogP contribution in [-0.4, -0.2) is 27.2 Å². The van der Waals surface area contributed by atoms with Crippen molar-refractivity contribution in [1.82, 2.24) is 9.97 Å². The summed E-state index contributed by atoms with van der Waals surface area (Å²) in [6.45, 7) is 6.17. The van der Waals surface area contributed by atoms with Crippen molar-refractivity contribution >= 4 is 11.6 Å². The van der Waals surface area contributed by atoms with Crippen LogP contribution in [0.4, 0.5) is 11.6 Å². The number of anilines is 2. The molecule has 1 aromatic rings. The Balaban J connectivity index is 2.84. The van der Waals surface area contributed by atoms with Gasteiger partial charge >= 0.3 is 0 Å². The number of nitrogens with zero attached hydrogens (tertiary/aromatic N) is 2. The third-order valence-corrected chi connectivity index (χ3v) is 2.83. The van der Waals surface area contributed by atoms with E-state index in [1.807, 2.05) is 13.8 Å². The molecule has 0 aliphatic heterocycles. The number of hydrogen-bond acceptors (Lipinski definition) is 6. The van der Waals surface area contributed by atoms with E-state index in [-0.39, 0.29) is 0 Å². The number of nitrogens with one attached hydrogen (secondary N) is 2. The average Bonchev–Trinajstić information content (AvgIpc) is 2.35. The first-order valence-corrected chi connectivity index (χ1v) is 5.80. The summed E-state index contributed by atoms with van der Waals surface area (Å²) < 4.78 is 0. The quantitative estimate of drug-likeness (QED) is 0.435. The van der Waals surface area contributed by atoms with Crippen molar-refractivity contribution in [1.29, 1.82) is 0 Å². The van der Waals surface area contributed by atoms with Crippen LogP contribution in [0.15, 0.2) is 6.33 Å². The molecule has 0 spiro atoms. The monoisotopic (exact) mass is 239 g/mol. The fourth-order valence-corrected chi connectivity index (χ4v) is 1.42. The lowest BCUT2D eigenvalue weighted by atomic mass is 10.0. The van der Waals surface area contributed by atoms with Gasteiger partial charge in [0.15, 0.2) is 0 Å². The van der Waals surface area contributed by atoms with Crippen LogP contribution in [0, 0.1) is 0 Å². The van der Waals surface area contributed by atoms with E-state index in [2.05, 4.69) is 20.7 Å². The van der Waals surface area contributed by atoms with Crippen LogP contribution >= 0.6 is 0 Å². The van der Waals surface area contributed by atoms with E-state index < -0.39 is 5.60 Å². The molecule has 0 saturated carbocycles. The summed E-state index contributed by atoms with van der Waals surface area (Å²) >= 11 is 0. The van der Waals surface area contributed by atoms with Crippen molar-refractivity contribution in [3.8, 4) is 0 Å².